The molecule has 2 unspecified atom stereocenters. The van der Waals surface area contributed by atoms with Gasteiger partial charge in [-0.15, -0.1) is 0 Å². The highest BCUT2D eigenvalue weighted by Crippen LogP contribution is 2.59. The van der Waals surface area contributed by atoms with Crippen molar-refractivity contribution < 1.29 is 0 Å². The molecule has 0 aromatic heterocycles. The van der Waals surface area contributed by atoms with Crippen molar-refractivity contribution in [1.29, 1.82) is 0 Å². The van der Waals surface area contributed by atoms with Crippen molar-refractivity contribution in [2.45, 2.75) is 38.1 Å². The van der Waals surface area contributed by atoms with E-state index in [1.165, 1.54) is 154 Å². The van der Waals surface area contributed by atoms with E-state index in [1.54, 1.807) is 0 Å². The van der Waals surface area contributed by atoms with Crippen molar-refractivity contribution in [2.24, 2.45) is 10.4 Å². The summed E-state index contributed by atoms with van der Waals surface area (Å²) < 4.78 is 0. The highest BCUT2D eigenvalue weighted by molar-refractivity contribution is 6.15. The number of nitrogens with zero attached hydrogens (tertiary/aromatic N) is 1. The minimum Gasteiger partial charge on any atom is -0.276 e. The molecule has 4 aliphatic rings. The van der Waals surface area contributed by atoms with Crippen LogP contribution in [0.15, 0.2) is 319 Å². The molecule has 0 fully saturated rings. The molecule has 1 aliphatic heterocycles. The summed E-state index contributed by atoms with van der Waals surface area (Å²) in [7, 11) is 0. The number of rotatable bonds is 8. The van der Waals surface area contributed by atoms with Gasteiger partial charge >= 0.3 is 0 Å². The molecule has 0 amide bonds. The Morgan fingerprint density at radius 3 is 1.56 bits per heavy atom. The number of para-hydroxylation sites is 1. The van der Waals surface area contributed by atoms with Crippen LogP contribution in [0.4, 0.5) is 0 Å². The second-order valence-corrected chi connectivity index (χ2v) is 24.6. The first kappa shape index (κ1) is 51.0. The van der Waals surface area contributed by atoms with E-state index in [4.69, 9.17) is 4.99 Å². The number of fused-ring (bicyclic) bond motifs is 11. The molecule has 1 heteroatoms. The molecule has 410 valence electrons. The summed E-state index contributed by atoms with van der Waals surface area (Å²) in [6.45, 7) is 4.83. The van der Waals surface area contributed by atoms with Gasteiger partial charge in [-0.05, 0) is 205 Å². The second kappa shape index (κ2) is 20.1. The first-order chi connectivity index (χ1) is 42.9. The Morgan fingerprint density at radius 1 is 0.391 bits per heavy atom. The third-order valence-electron chi connectivity index (χ3n) is 19.8. The lowest BCUT2D eigenvalue weighted by Gasteiger charge is -2.39. The monoisotopic (exact) mass is 1110 g/mol. The van der Waals surface area contributed by atoms with E-state index in [-0.39, 0.29) is 11.5 Å². The number of allylic oxidation sites excluding steroid dienone is 8. The SMILES string of the molecule is CC1=C(c2cccc(-c3cc4ccccc4c4ccccc34)c2)CC2(C)C=CC=CC2=C1c1ccc2c(c1)C(c1ccccc1)(c1ccccc1)c1cc(C3=c4ccccc4=NC(c4cccc(-c5cc6ccccc6c6ccccc56)c4)C3)ccc1-2. The molecule has 0 spiro atoms. The van der Waals surface area contributed by atoms with Crippen LogP contribution in [0.25, 0.3) is 93.2 Å². The summed E-state index contributed by atoms with van der Waals surface area (Å²) in [6.07, 6.45) is 11.0. The average Bonchev–Trinajstić information content (AvgIpc) is 1.77. The molecular formula is C86H61N. The van der Waals surface area contributed by atoms with Gasteiger partial charge in [0.2, 0.25) is 0 Å². The lowest BCUT2D eigenvalue weighted by atomic mass is 9.64. The van der Waals surface area contributed by atoms with Crippen LogP contribution < -0.4 is 10.6 Å². The van der Waals surface area contributed by atoms with Gasteiger partial charge in [-0.3, -0.25) is 4.99 Å². The highest BCUT2D eigenvalue weighted by Gasteiger charge is 2.47. The molecule has 13 aromatic rings. The summed E-state index contributed by atoms with van der Waals surface area (Å²) in [5.74, 6) is 0. The van der Waals surface area contributed by atoms with Crippen LogP contribution in [-0.2, 0) is 5.41 Å². The molecule has 2 atom stereocenters. The van der Waals surface area contributed by atoms with Gasteiger partial charge in [0.15, 0.2) is 0 Å². The smallest absolute Gasteiger partial charge is 0.0797 e. The molecule has 17 rings (SSSR count). The molecule has 0 saturated heterocycles. The third-order valence-corrected chi connectivity index (χ3v) is 19.8. The van der Waals surface area contributed by atoms with Crippen LogP contribution in [0.3, 0.4) is 0 Å². The fraction of sp³-hybridized carbons (Fsp3) is 0.0814. The van der Waals surface area contributed by atoms with Crippen LogP contribution in [0.5, 0.6) is 0 Å². The Morgan fingerprint density at radius 2 is 0.908 bits per heavy atom. The van der Waals surface area contributed by atoms with Crippen molar-refractivity contribution in [3.05, 3.63) is 370 Å². The van der Waals surface area contributed by atoms with E-state index in [1.807, 2.05) is 0 Å². The number of hydrogen-bond donors (Lipinski definition) is 0. The average molecular weight is 1110 g/mol. The molecule has 13 aromatic carbocycles. The van der Waals surface area contributed by atoms with Crippen molar-refractivity contribution >= 4 is 59.8 Å². The molecule has 1 nitrogen and oxygen atoms in total. The van der Waals surface area contributed by atoms with Gasteiger partial charge in [0.05, 0.1) is 16.8 Å². The largest absolute Gasteiger partial charge is 0.276 e. The molecule has 0 saturated carbocycles. The molecule has 0 radical (unpaired) electrons. The van der Waals surface area contributed by atoms with Gasteiger partial charge in [-0.2, -0.15) is 0 Å². The van der Waals surface area contributed by atoms with Gasteiger partial charge in [-0.1, -0.05) is 268 Å². The number of hydrogen-bond acceptors (Lipinski definition) is 1. The summed E-state index contributed by atoms with van der Waals surface area (Å²) in [4.78, 5) is 5.59. The predicted octanol–water partition coefficient (Wildman–Crippen LogP) is 20.7. The van der Waals surface area contributed by atoms with Crippen molar-refractivity contribution in [1.82, 2.24) is 0 Å². The Labute approximate surface area is 508 Å². The van der Waals surface area contributed by atoms with Gasteiger partial charge in [0.25, 0.3) is 0 Å². The summed E-state index contributed by atoms with van der Waals surface area (Å²) in [5, 5.41) is 12.4. The fourth-order valence-corrected chi connectivity index (χ4v) is 15.8. The van der Waals surface area contributed by atoms with Crippen LogP contribution in [0.2, 0.25) is 0 Å². The lowest BCUT2D eigenvalue weighted by Crippen LogP contribution is -2.32. The summed E-state index contributed by atoms with van der Waals surface area (Å²) >= 11 is 0. The maximum Gasteiger partial charge on any atom is 0.0797 e. The summed E-state index contributed by atoms with van der Waals surface area (Å²) in [6, 6.07) is 105. The van der Waals surface area contributed by atoms with Gasteiger partial charge in [-0.25, -0.2) is 0 Å². The first-order valence-electron chi connectivity index (χ1n) is 30.8. The van der Waals surface area contributed by atoms with Crippen molar-refractivity contribution in [3.63, 3.8) is 0 Å². The van der Waals surface area contributed by atoms with E-state index in [9.17, 15) is 0 Å². The maximum atomic E-state index is 5.59. The molecule has 87 heavy (non-hydrogen) atoms. The highest BCUT2D eigenvalue weighted by atomic mass is 14.8. The minimum atomic E-state index is -0.641. The Kier molecular flexibility index (Phi) is 11.8. The van der Waals surface area contributed by atoms with E-state index in [0.29, 0.717) is 0 Å². The second-order valence-electron chi connectivity index (χ2n) is 24.6. The third kappa shape index (κ3) is 8.03. The van der Waals surface area contributed by atoms with E-state index < -0.39 is 5.41 Å². The number of benzene rings is 13. The van der Waals surface area contributed by atoms with E-state index in [0.717, 1.165) is 18.2 Å². The zero-order chi connectivity index (χ0) is 57.8. The van der Waals surface area contributed by atoms with Crippen LogP contribution in [-0.4, -0.2) is 0 Å². The van der Waals surface area contributed by atoms with E-state index in [2.05, 4.69) is 317 Å². The minimum absolute atomic E-state index is 0.0795. The topological polar surface area (TPSA) is 12.4 Å². The molecular weight excluding hydrogens is 1050 g/mol. The van der Waals surface area contributed by atoms with Crippen molar-refractivity contribution in [2.75, 3.05) is 0 Å². The van der Waals surface area contributed by atoms with Crippen LogP contribution in [0, 0.1) is 5.41 Å². The van der Waals surface area contributed by atoms with Gasteiger partial charge < -0.3 is 0 Å². The van der Waals surface area contributed by atoms with Crippen LogP contribution in [0.1, 0.15) is 77.2 Å². The quantitative estimate of drug-likeness (QED) is 0.135. The Bertz CT molecular complexity index is 5260. The molecule has 1 heterocycles. The van der Waals surface area contributed by atoms with E-state index >= 15 is 0 Å². The Hall–Kier alpha value is -10.5. The fourth-order valence-electron chi connectivity index (χ4n) is 15.8. The zero-order valence-corrected chi connectivity index (χ0v) is 48.8. The van der Waals surface area contributed by atoms with Gasteiger partial charge in [0.1, 0.15) is 0 Å². The normalized spacial score (nSPS) is 17.4. The predicted molar refractivity (Wildman–Crippen MR) is 365 cm³/mol. The first-order valence-corrected chi connectivity index (χ1v) is 30.8. The lowest BCUT2D eigenvalue weighted by molar-refractivity contribution is 0.536. The zero-order valence-electron chi connectivity index (χ0n) is 48.8. The standard InChI is InChI=1S/C86H61N/c1-55-78(58-27-21-25-56(47-58)75-49-59-23-9-11-33-66(59)68-35-13-15-37-70(68)75)54-85(2)46-20-19-40-79(85)84(55)63-43-45-73-72-44-42-61(51-80(72)86(81(73)52-63,64-29-5-3-6-30-64)65-31-7-4-8-32-65)77-53-83(87-82-41-18-17-39-74(77)82)62-28-22-26-57(48-62)76-50-60-24-10-12-34-67(60)69-36-14-16-38-71(69)76/h3-52,83H,53-54H2,1-2H3. The van der Waals surface area contributed by atoms with Gasteiger partial charge in [0, 0.05) is 17.1 Å². The Balaban J connectivity index is 0.816. The van der Waals surface area contributed by atoms with Crippen molar-refractivity contribution in [3.8, 4) is 33.4 Å². The molecule has 0 N–H and O–H groups in total. The van der Waals surface area contributed by atoms with Crippen LogP contribution >= 0.6 is 0 Å². The molecule has 0 bridgehead atoms. The summed E-state index contributed by atoms with van der Waals surface area (Å²) in [5.41, 5.74) is 23.4. The maximum absolute atomic E-state index is 5.59. The molecule has 3 aliphatic carbocycles.